The molecule has 3 heteroatoms. The van der Waals surface area contributed by atoms with Gasteiger partial charge in [0, 0.05) is 19.5 Å². The molecule has 3 nitrogen and oxygen atoms in total. The molecule has 0 saturated carbocycles. The number of nitrogens with zero attached hydrogens (tertiary/aromatic N) is 1. The summed E-state index contributed by atoms with van der Waals surface area (Å²) in [6.07, 6.45) is 1.19. The summed E-state index contributed by atoms with van der Waals surface area (Å²) in [5.41, 5.74) is 1.21. The number of hydrogen-bond acceptors (Lipinski definition) is 2. The highest BCUT2D eigenvalue weighted by Crippen LogP contribution is 2.00. The van der Waals surface area contributed by atoms with Crippen LogP contribution < -0.4 is 5.32 Å². The van der Waals surface area contributed by atoms with E-state index in [1.807, 2.05) is 32.0 Å². The molecule has 1 rings (SSSR count). The maximum absolute atomic E-state index is 11.2. The third-order valence-corrected chi connectivity index (χ3v) is 2.20. The van der Waals surface area contributed by atoms with E-state index in [9.17, 15) is 4.79 Å². The molecule has 0 aromatic heterocycles. The second-order valence-corrected chi connectivity index (χ2v) is 4.23. The van der Waals surface area contributed by atoms with Gasteiger partial charge in [0.1, 0.15) is 0 Å². The molecular formula is C14H20NO2. The average molecular weight is 234 g/mol. The van der Waals surface area contributed by atoms with Gasteiger partial charge in [-0.1, -0.05) is 30.3 Å². The Bertz CT molecular complexity index is 322. The fraction of sp³-hybridized carbons (Fsp3) is 0.500. The number of benzene rings is 1. The van der Waals surface area contributed by atoms with Gasteiger partial charge in [0.15, 0.2) is 0 Å². The molecule has 1 aromatic carbocycles. The van der Waals surface area contributed by atoms with Crippen LogP contribution in [0.25, 0.3) is 0 Å². The monoisotopic (exact) mass is 234 g/mol. The van der Waals surface area contributed by atoms with Crippen molar-refractivity contribution in [2.75, 3.05) is 6.54 Å². The van der Waals surface area contributed by atoms with E-state index in [4.69, 9.17) is 4.74 Å². The van der Waals surface area contributed by atoms with Crippen LogP contribution in [0.2, 0.25) is 0 Å². The maximum atomic E-state index is 11.2. The lowest BCUT2D eigenvalue weighted by atomic mass is 10.2. The Morgan fingerprint density at radius 2 is 2.00 bits per heavy atom. The van der Waals surface area contributed by atoms with Crippen LogP contribution >= 0.6 is 0 Å². The van der Waals surface area contributed by atoms with E-state index in [0.717, 1.165) is 13.0 Å². The molecular weight excluding hydrogens is 214 g/mol. The molecule has 0 aliphatic carbocycles. The minimum atomic E-state index is -0.130. The van der Waals surface area contributed by atoms with E-state index in [1.54, 1.807) is 0 Å². The third kappa shape index (κ3) is 6.74. The molecule has 0 amide bonds. The highest BCUT2D eigenvalue weighted by Gasteiger charge is 2.04. The number of esters is 1. The summed E-state index contributed by atoms with van der Waals surface area (Å²) in [5, 5.41) is 4.38. The van der Waals surface area contributed by atoms with Crippen molar-refractivity contribution < 1.29 is 9.53 Å². The van der Waals surface area contributed by atoms with Gasteiger partial charge in [0.05, 0.1) is 6.10 Å². The highest BCUT2D eigenvalue weighted by molar-refractivity contribution is 5.69. The van der Waals surface area contributed by atoms with E-state index in [-0.39, 0.29) is 12.1 Å². The predicted molar refractivity (Wildman–Crippen MR) is 67.6 cm³/mol. The van der Waals surface area contributed by atoms with E-state index in [2.05, 4.69) is 17.4 Å². The molecule has 1 radical (unpaired) electrons. The molecule has 0 heterocycles. The number of carbonyl (C=O) groups excluding carboxylic acids is 1. The van der Waals surface area contributed by atoms with Crippen LogP contribution in [-0.4, -0.2) is 18.6 Å². The number of ether oxygens (including phenoxy) is 1. The zero-order valence-corrected chi connectivity index (χ0v) is 10.6. The van der Waals surface area contributed by atoms with Gasteiger partial charge in [0.25, 0.3) is 0 Å². The van der Waals surface area contributed by atoms with Gasteiger partial charge < -0.3 is 4.74 Å². The van der Waals surface area contributed by atoms with Gasteiger partial charge in [0.2, 0.25) is 0 Å². The first-order valence-corrected chi connectivity index (χ1v) is 6.05. The summed E-state index contributed by atoms with van der Waals surface area (Å²) in [5.74, 6) is -0.130. The van der Waals surface area contributed by atoms with Gasteiger partial charge in [-0.3, -0.25) is 4.79 Å². The van der Waals surface area contributed by atoms with Gasteiger partial charge >= 0.3 is 5.97 Å². The lowest BCUT2D eigenvalue weighted by molar-refractivity contribution is -0.147. The van der Waals surface area contributed by atoms with Crippen molar-refractivity contribution in [3.05, 3.63) is 35.9 Å². The summed E-state index contributed by atoms with van der Waals surface area (Å²) in [6.45, 7) is 5.15. The highest BCUT2D eigenvalue weighted by atomic mass is 16.5. The molecule has 0 aliphatic heterocycles. The van der Waals surface area contributed by atoms with Gasteiger partial charge in [-0.2, -0.15) is 0 Å². The lowest BCUT2D eigenvalue weighted by Gasteiger charge is -2.07. The first-order valence-electron chi connectivity index (χ1n) is 6.05. The van der Waals surface area contributed by atoms with Crippen LogP contribution in [0.3, 0.4) is 0 Å². The number of hydrogen-bond donors (Lipinski definition) is 0. The first-order chi connectivity index (χ1) is 8.18. The maximum Gasteiger partial charge on any atom is 0.306 e. The Labute approximate surface area is 103 Å². The van der Waals surface area contributed by atoms with Crippen molar-refractivity contribution in [2.24, 2.45) is 0 Å². The van der Waals surface area contributed by atoms with Crippen LogP contribution in [0.1, 0.15) is 32.3 Å². The Kier molecular flexibility index (Phi) is 6.33. The van der Waals surface area contributed by atoms with Crippen molar-refractivity contribution >= 4 is 5.97 Å². The average Bonchev–Trinajstić information content (AvgIpc) is 2.29. The van der Waals surface area contributed by atoms with Crippen LogP contribution in [0.4, 0.5) is 0 Å². The molecule has 0 atom stereocenters. The van der Waals surface area contributed by atoms with Crippen LogP contribution in [0, 0.1) is 0 Å². The van der Waals surface area contributed by atoms with Crippen molar-refractivity contribution in [1.82, 2.24) is 5.32 Å². The van der Waals surface area contributed by atoms with Crippen LogP contribution in [0.5, 0.6) is 0 Å². The van der Waals surface area contributed by atoms with Crippen LogP contribution in [0.15, 0.2) is 30.3 Å². The molecule has 0 spiro atoms. The SMILES string of the molecule is CC(C)OC(=O)CCC[N]Cc1ccccc1. The smallest absolute Gasteiger partial charge is 0.306 e. The second-order valence-electron chi connectivity index (χ2n) is 4.23. The van der Waals surface area contributed by atoms with Crippen LogP contribution in [-0.2, 0) is 16.1 Å². The summed E-state index contributed by atoms with van der Waals surface area (Å²) in [6, 6.07) is 10.1. The van der Waals surface area contributed by atoms with Crippen molar-refractivity contribution in [1.29, 1.82) is 0 Å². The zero-order valence-electron chi connectivity index (χ0n) is 10.6. The predicted octanol–water partition coefficient (Wildman–Crippen LogP) is 2.52. The number of carbonyl (C=O) groups is 1. The largest absolute Gasteiger partial charge is 0.463 e. The molecule has 17 heavy (non-hydrogen) atoms. The van der Waals surface area contributed by atoms with E-state index >= 15 is 0 Å². The lowest BCUT2D eigenvalue weighted by Crippen LogP contribution is -2.13. The van der Waals surface area contributed by atoms with Gasteiger partial charge in [-0.05, 0) is 25.8 Å². The van der Waals surface area contributed by atoms with Crippen molar-refractivity contribution in [3.8, 4) is 0 Å². The normalized spacial score (nSPS) is 10.5. The second kappa shape index (κ2) is 7.85. The number of rotatable bonds is 7. The van der Waals surface area contributed by atoms with E-state index in [1.165, 1.54) is 5.56 Å². The summed E-state index contributed by atoms with van der Waals surface area (Å²) in [4.78, 5) is 11.2. The standard InChI is InChI=1S/C14H20NO2/c1-12(2)17-14(16)9-6-10-15-11-13-7-4-3-5-8-13/h3-5,7-8,12H,6,9-11H2,1-2H3. The molecule has 93 valence electrons. The fourth-order valence-electron chi connectivity index (χ4n) is 1.45. The van der Waals surface area contributed by atoms with E-state index < -0.39 is 0 Å². The minimum Gasteiger partial charge on any atom is -0.463 e. The minimum absolute atomic E-state index is 0.0243. The Morgan fingerprint density at radius 1 is 1.29 bits per heavy atom. The summed E-state index contributed by atoms with van der Waals surface area (Å²) < 4.78 is 5.03. The molecule has 1 aromatic rings. The summed E-state index contributed by atoms with van der Waals surface area (Å²) in [7, 11) is 0. The molecule has 0 saturated heterocycles. The quantitative estimate of drug-likeness (QED) is 0.537. The first kappa shape index (κ1) is 13.7. The van der Waals surface area contributed by atoms with E-state index in [0.29, 0.717) is 13.0 Å². The third-order valence-electron chi connectivity index (χ3n) is 2.20. The fourth-order valence-corrected chi connectivity index (χ4v) is 1.45. The Morgan fingerprint density at radius 3 is 2.65 bits per heavy atom. The van der Waals surface area contributed by atoms with Crippen molar-refractivity contribution in [2.45, 2.75) is 39.3 Å². The topological polar surface area (TPSA) is 40.4 Å². The van der Waals surface area contributed by atoms with Gasteiger partial charge in [-0.15, -0.1) is 0 Å². The molecule has 0 N–H and O–H groups in total. The van der Waals surface area contributed by atoms with Crippen molar-refractivity contribution in [3.63, 3.8) is 0 Å². The zero-order chi connectivity index (χ0) is 12.5. The Balaban J connectivity index is 2.03. The molecule has 0 unspecified atom stereocenters. The van der Waals surface area contributed by atoms with Gasteiger partial charge in [-0.25, -0.2) is 5.32 Å². The molecule has 0 fully saturated rings. The summed E-state index contributed by atoms with van der Waals surface area (Å²) >= 11 is 0. The molecule has 0 aliphatic rings. The Hall–Kier alpha value is -1.35. The molecule has 0 bridgehead atoms.